The molecule has 1 aliphatic rings. The average Bonchev–Trinajstić information content (AvgIpc) is 2.28. The van der Waals surface area contributed by atoms with Crippen molar-refractivity contribution in [2.24, 2.45) is 0 Å². The molecule has 7 heteroatoms. The van der Waals surface area contributed by atoms with Crippen LogP contribution in [0.3, 0.4) is 0 Å². The van der Waals surface area contributed by atoms with E-state index < -0.39 is 51.9 Å². The minimum absolute atomic E-state index is 0.113. The summed E-state index contributed by atoms with van der Waals surface area (Å²) in [5.41, 5.74) is 0. The van der Waals surface area contributed by atoms with Gasteiger partial charge in [0, 0.05) is 42.2 Å². The van der Waals surface area contributed by atoms with Gasteiger partial charge in [0.05, 0.1) is 6.61 Å². The maximum atomic E-state index is 12.9. The Hall–Kier alpha value is 0.690. The van der Waals surface area contributed by atoms with E-state index in [2.05, 4.69) is 0 Å². The third-order valence-corrected chi connectivity index (χ3v) is 3.40. The van der Waals surface area contributed by atoms with Crippen molar-refractivity contribution in [2.75, 3.05) is 37.9 Å². The Bertz CT molecular complexity index is 497. The second-order valence-corrected chi connectivity index (χ2v) is 4.67. The highest BCUT2D eigenvalue weighted by Gasteiger charge is 2.32. The Balaban J connectivity index is 3.33. The molecule has 1 fully saturated rings. The fourth-order valence-corrected chi connectivity index (χ4v) is 2.50. The lowest BCUT2D eigenvalue weighted by Crippen LogP contribution is -2.35. The number of nitrogens with zero attached hydrogens (tertiary/aromatic N) is 1. The summed E-state index contributed by atoms with van der Waals surface area (Å²) < 4.78 is 85.4. The number of hydrogen-bond acceptors (Lipinski definition) is 2. The van der Waals surface area contributed by atoms with E-state index in [1.807, 2.05) is 0 Å². The number of alkyl halides is 2. The summed E-state index contributed by atoms with van der Waals surface area (Å²) in [6, 6.07) is 0. The fraction of sp³-hybridized carbons (Fsp3) is 1.00. The molecular weight excluding hydrogens is 246 g/mol. The van der Waals surface area contributed by atoms with Gasteiger partial charge >= 0.3 is 7.67 Å². The van der Waals surface area contributed by atoms with Gasteiger partial charge < -0.3 is 4.52 Å². The van der Waals surface area contributed by atoms with Crippen molar-refractivity contribution in [2.45, 2.75) is 6.37 Å². The molecule has 1 saturated heterocycles. The Morgan fingerprint density at radius 3 is 3.07 bits per heavy atom. The number of hydrogen-bond donors (Lipinski definition) is 1. The highest BCUT2D eigenvalue weighted by Crippen LogP contribution is 2.47. The second-order valence-electron chi connectivity index (χ2n) is 2.21. The molecule has 0 amide bonds. The maximum absolute atomic E-state index is 12.9. The van der Waals surface area contributed by atoms with Gasteiger partial charge in [-0.2, -0.15) is 0 Å². The number of rotatable bonds is 5. The quantitative estimate of drug-likeness (QED) is 0.612. The van der Waals surface area contributed by atoms with Gasteiger partial charge in [-0.3, -0.25) is 4.57 Å². The Morgan fingerprint density at radius 1 is 1.71 bits per heavy atom. The van der Waals surface area contributed by atoms with Gasteiger partial charge in [0.15, 0.2) is 0 Å². The van der Waals surface area contributed by atoms with Gasteiger partial charge in [0.1, 0.15) is 1.41 Å². The topological polar surface area (TPSA) is 41.6 Å². The van der Waals surface area contributed by atoms with Gasteiger partial charge in [-0.15, -0.1) is 23.2 Å². The summed E-state index contributed by atoms with van der Waals surface area (Å²) in [6.45, 7) is -5.80. The van der Waals surface area contributed by atoms with Gasteiger partial charge in [-0.25, -0.2) is 9.75 Å². The molecule has 0 radical (unpaired) electrons. The molecule has 1 aliphatic heterocycles. The predicted octanol–water partition coefficient (Wildman–Crippen LogP) is 1.88. The average molecular weight is 270 g/mol. The smallest absolute Gasteiger partial charge is 0.306 e. The molecule has 0 aromatic carbocycles. The standard InChI is InChI=1S/C7H15Cl2N2O2P/c8-2-5-11(6-3-9)14(12)10-4-1-7-13-14/h1-7H2,(H,10,12)/i1D2,2D2,3D2,5D2/hD. The van der Waals surface area contributed by atoms with Crippen molar-refractivity contribution in [3.05, 3.63) is 0 Å². The first kappa shape index (κ1) is 4.91. The molecule has 0 aliphatic carbocycles. The van der Waals surface area contributed by atoms with Crippen molar-refractivity contribution in [3.8, 4) is 0 Å². The van der Waals surface area contributed by atoms with Crippen molar-refractivity contribution < 1.29 is 21.5 Å². The molecule has 0 aromatic rings. The van der Waals surface area contributed by atoms with E-state index in [9.17, 15) is 4.57 Å². The summed E-state index contributed by atoms with van der Waals surface area (Å²) >= 11 is 10.8. The van der Waals surface area contributed by atoms with E-state index in [0.717, 1.165) is 0 Å². The molecular formula is C7H15Cl2N2O2P. The van der Waals surface area contributed by atoms with Gasteiger partial charge in [0.25, 0.3) is 0 Å². The SMILES string of the molecule is [2H]N1CC([2H])([2H])COP1(=O)N(CC([2H])([2H])Cl)C([2H])([2H])C([2H])([2H])Cl. The van der Waals surface area contributed by atoms with Gasteiger partial charge in [0.2, 0.25) is 0 Å². The Kier molecular flexibility index (Phi) is 2.21. The molecule has 0 bridgehead atoms. The molecule has 14 heavy (non-hydrogen) atoms. The summed E-state index contributed by atoms with van der Waals surface area (Å²) in [5, 5.41) is 0.138. The fourth-order valence-electron chi connectivity index (χ4n) is 0.799. The first-order chi connectivity index (χ1) is 9.92. The maximum Gasteiger partial charge on any atom is 0.343 e. The van der Waals surface area contributed by atoms with Crippen LogP contribution in [-0.2, 0) is 9.09 Å². The predicted molar refractivity (Wildman–Crippen MR) is 59.2 cm³/mol. The van der Waals surface area contributed by atoms with Crippen LogP contribution in [0.2, 0.25) is 1.41 Å². The van der Waals surface area contributed by atoms with Crippen LogP contribution in [0.5, 0.6) is 0 Å². The Morgan fingerprint density at radius 2 is 2.50 bits per heavy atom. The van der Waals surface area contributed by atoms with Crippen LogP contribution in [0.4, 0.5) is 0 Å². The first-order valence-corrected chi connectivity index (χ1v) is 5.88. The number of halogens is 2. The molecule has 0 saturated carbocycles. The van der Waals surface area contributed by atoms with E-state index in [0.29, 0.717) is 0 Å². The largest absolute Gasteiger partial charge is 0.343 e. The third-order valence-electron chi connectivity index (χ3n) is 1.38. The number of nitrogens with one attached hydrogen (secondary N) is 1. The lowest BCUT2D eigenvalue weighted by atomic mass is 10.5. The molecule has 1 rings (SSSR count). The van der Waals surface area contributed by atoms with Crippen molar-refractivity contribution in [3.63, 3.8) is 0 Å². The monoisotopic (exact) mass is 269 g/mol. The van der Waals surface area contributed by atoms with E-state index in [1.54, 1.807) is 0 Å². The molecule has 1 unspecified atom stereocenters. The summed E-state index contributed by atoms with van der Waals surface area (Å²) in [7, 11) is -4.64. The minimum Gasteiger partial charge on any atom is -0.306 e. The van der Waals surface area contributed by atoms with Crippen LogP contribution in [0, 0.1) is 0 Å². The van der Waals surface area contributed by atoms with E-state index >= 15 is 0 Å². The van der Waals surface area contributed by atoms with Crippen LogP contribution >= 0.6 is 30.9 Å². The lowest BCUT2D eigenvalue weighted by molar-refractivity contribution is 0.233. The molecule has 1 heterocycles. The van der Waals surface area contributed by atoms with E-state index in [-0.39, 0.29) is 9.75 Å². The van der Waals surface area contributed by atoms with Crippen molar-refractivity contribution >= 4 is 30.9 Å². The van der Waals surface area contributed by atoms with E-state index in [4.69, 9.17) is 40.1 Å². The third kappa shape index (κ3) is 3.37. The van der Waals surface area contributed by atoms with Crippen LogP contribution in [-0.4, -0.2) is 42.5 Å². The highest BCUT2D eigenvalue weighted by atomic mass is 35.5. The molecule has 4 nitrogen and oxygen atoms in total. The zero-order valence-corrected chi connectivity index (χ0v) is 9.44. The minimum atomic E-state index is -4.64. The Labute approximate surface area is 107 Å². The van der Waals surface area contributed by atoms with Crippen LogP contribution < -0.4 is 5.08 Å². The zero-order chi connectivity index (χ0) is 18.5. The molecule has 1 N–H and O–H groups in total. The molecule has 84 valence electrons. The van der Waals surface area contributed by atoms with Crippen LogP contribution in [0.25, 0.3) is 0 Å². The zero-order valence-electron chi connectivity index (χ0n) is 16.0. The van der Waals surface area contributed by atoms with E-state index in [1.165, 1.54) is 0 Å². The summed E-state index contributed by atoms with van der Waals surface area (Å²) in [4.78, 5) is 0. The molecule has 0 spiro atoms. The second kappa shape index (κ2) is 6.31. The van der Waals surface area contributed by atoms with Gasteiger partial charge in [-0.05, 0) is 6.37 Å². The highest BCUT2D eigenvalue weighted by molar-refractivity contribution is 7.54. The van der Waals surface area contributed by atoms with Crippen molar-refractivity contribution in [1.29, 1.82) is 0 Å². The van der Waals surface area contributed by atoms with Crippen molar-refractivity contribution in [1.82, 2.24) is 9.75 Å². The summed E-state index contributed by atoms with van der Waals surface area (Å²) in [6.07, 6.45) is -2.03. The van der Waals surface area contributed by atoms with Gasteiger partial charge in [-0.1, -0.05) is 0 Å². The lowest BCUT2D eigenvalue weighted by Gasteiger charge is -2.33. The first-order valence-electron chi connectivity index (χ1n) is 8.05. The van der Waals surface area contributed by atoms with Crippen LogP contribution in [0.1, 0.15) is 17.3 Å². The molecule has 1 atom stereocenters. The normalized spacial score (nSPS) is 45.8. The summed E-state index contributed by atoms with van der Waals surface area (Å²) in [5.74, 6) is -5.75. The molecule has 0 aromatic heterocycles. The van der Waals surface area contributed by atoms with Crippen LogP contribution in [0.15, 0.2) is 0 Å².